The minimum Gasteiger partial charge on any atom is -0.423 e. The normalized spacial score (nSPS) is 14.7. The molecule has 0 radical (unpaired) electrons. The van der Waals surface area contributed by atoms with Crippen LogP contribution in [0.25, 0.3) is 6.08 Å². The number of aliphatic imine (C=N–C) groups is 1. The number of hydrogen-bond acceptors (Lipinski definition) is 4. The molecule has 0 bridgehead atoms. The van der Waals surface area contributed by atoms with Crippen LogP contribution >= 0.6 is 27.7 Å². The number of hydrogen-bond donors (Lipinski definition) is 0. The molecule has 1 aliphatic heterocycles. The molecule has 4 nitrogen and oxygen atoms in total. The fourth-order valence-corrected chi connectivity index (χ4v) is 3.95. The van der Waals surface area contributed by atoms with Crippen molar-refractivity contribution in [3.05, 3.63) is 104 Å². The Hall–Kier alpha value is -2.96. The van der Waals surface area contributed by atoms with Crippen LogP contribution in [0.15, 0.2) is 87.2 Å². The number of carbonyl (C=O) groups excluding carboxylic acids is 2. The van der Waals surface area contributed by atoms with Crippen molar-refractivity contribution in [3.63, 3.8) is 0 Å². The molecule has 6 heteroatoms. The quantitative estimate of drug-likeness (QED) is 0.261. The maximum absolute atomic E-state index is 12.3. The largest absolute Gasteiger partial charge is 0.423 e. The average Bonchev–Trinajstić information content (AvgIpc) is 3.10. The van der Waals surface area contributed by atoms with Crippen molar-refractivity contribution in [3.8, 4) is 5.75 Å². The summed E-state index contributed by atoms with van der Waals surface area (Å²) < 4.78 is 6.29. The van der Waals surface area contributed by atoms with Crippen LogP contribution in [0.3, 0.4) is 0 Å². The third kappa shape index (κ3) is 4.78. The number of aryl methyl sites for hydroxylation is 1. The molecule has 0 unspecified atom stereocenters. The summed E-state index contributed by atoms with van der Waals surface area (Å²) >= 11 is 4.70. The Morgan fingerprint density at radius 2 is 1.63 bits per heavy atom. The van der Waals surface area contributed by atoms with Gasteiger partial charge in [-0.05, 0) is 55.0 Å². The SMILES string of the molecule is Cc1ccc(C2=NC(=O)/C(=C\c3ccc(OC(=O)c4ccc(Br)cc4)cc3)S2)cc1. The molecule has 0 saturated heterocycles. The first-order chi connectivity index (χ1) is 14.5. The lowest BCUT2D eigenvalue weighted by Gasteiger charge is -2.05. The van der Waals surface area contributed by atoms with Crippen molar-refractivity contribution in [2.45, 2.75) is 6.92 Å². The zero-order chi connectivity index (χ0) is 21.1. The summed E-state index contributed by atoms with van der Waals surface area (Å²) in [4.78, 5) is 29.2. The van der Waals surface area contributed by atoms with E-state index < -0.39 is 5.97 Å². The first-order valence-electron chi connectivity index (χ1n) is 9.15. The molecular formula is C24H16BrNO3S. The van der Waals surface area contributed by atoms with Crippen molar-refractivity contribution < 1.29 is 14.3 Å². The first kappa shape index (κ1) is 20.3. The van der Waals surface area contributed by atoms with E-state index in [1.54, 1.807) is 54.6 Å². The number of amides is 1. The molecule has 3 aromatic rings. The molecule has 0 saturated carbocycles. The number of benzene rings is 3. The number of nitrogens with zero attached hydrogens (tertiary/aromatic N) is 1. The highest BCUT2D eigenvalue weighted by Crippen LogP contribution is 2.32. The third-order valence-electron chi connectivity index (χ3n) is 4.39. The molecule has 1 heterocycles. The highest BCUT2D eigenvalue weighted by molar-refractivity contribution is 9.10. The van der Waals surface area contributed by atoms with E-state index in [1.807, 2.05) is 31.2 Å². The van der Waals surface area contributed by atoms with E-state index in [0.29, 0.717) is 21.3 Å². The highest BCUT2D eigenvalue weighted by atomic mass is 79.9. The minimum atomic E-state index is -0.425. The van der Waals surface area contributed by atoms with E-state index in [2.05, 4.69) is 20.9 Å². The van der Waals surface area contributed by atoms with Crippen LogP contribution in [0.4, 0.5) is 0 Å². The Bertz CT molecular complexity index is 1160. The van der Waals surface area contributed by atoms with Crippen molar-refractivity contribution in [1.82, 2.24) is 0 Å². The lowest BCUT2D eigenvalue weighted by atomic mass is 10.2. The number of ether oxygens (including phenoxy) is 1. The Kier molecular flexibility index (Phi) is 5.97. The Morgan fingerprint density at radius 1 is 0.967 bits per heavy atom. The van der Waals surface area contributed by atoms with Crippen LogP contribution in [0, 0.1) is 6.92 Å². The van der Waals surface area contributed by atoms with E-state index >= 15 is 0 Å². The Balaban J connectivity index is 1.43. The molecule has 4 rings (SSSR count). The van der Waals surface area contributed by atoms with Crippen LogP contribution in [0.5, 0.6) is 5.75 Å². The maximum Gasteiger partial charge on any atom is 0.343 e. The van der Waals surface area contributed by atoms with Gasteiger partial charge in [-0.25, -0.2) is 9.79 Å². The lowest BCUT2D eigenvalue weighted by molar-refractivity contribution is -0.113. The molecule has 0 spiro atoms. The topological polar surface area (TPSA) is 55.7 Å². The van der Waals surface area contributed by atoms with Gasteiger partial charge in [0.1, 0.15) is 10.8 Å². The summed E-state index contributed by atoms with van der Waals surface area (Å²) in [6, 6.07) is 21.9. The van der Waals surface area contributed by atoms with Gasteiger partial charge in [0.05, 0.1) is 10.5 Å². The van der Waals surface area contributed by atoms with Crippen LogP contribution < -0.4 is 4.74 Å². The second kappa shape index (κ2) is 8.81. The van der Waals surface area contributed by atoms with Gasteiger partial charge in [-0.2, -0.15) is 0 Å². The molecule has 148 valence electrons. The molecular weight excluding hydrogens is 462 g/mol. The summed E-state index contributed by atoms with van der Waals surface area (Å²) in [7, 11) is 0. The molecule has 0 aromatic heterocycles. The summed E-state index contributed by atoms with van der Waals surface area (Å²) in [6.07, 6.45) is 1.79. The van der Waals surface area contributed by atoms with E-state index in [9.17, 15) is 9.59 Å². The Morgan fingerprint density at radius 3 is 2.30 bits per heavy atom. The number of carbonyl (C=O) groups is 2. The molecule has 0 aliphatic carbocycles. The van der Waals surface area contributed by atoms with Gasteiger partial charge in [-0.1, -0.05) is 69.7 Å². The molecule has 0 atom stereocenters. The summed E-state index contributed by atoms with van der Waals surface area (Å²) in [5.41, 5.74) is 3.38. The maximum atomic E-state index is 12.3. The van der Waals surface area contributed by atoms with Crippen molar-refractivity contribution in [2.75, 3.05) is 0 Å². The van der Waals surface area contributed by atoms with Crippen LogP contribution in [-0.2, 0) is 4.79 Å². The predicted molar refractivity (Wildman–Crippen MR) is 124 cm³/mol. The molecule has 0 fully saturated rings. The van der Waals surface area contributed by atoms with E-state index in [4.69, 9.17) is 4.74 Å². The molecule has 30 heavy (non-hydrogen) atoms. The fourth-order valence-electron chi connectivity index (χ4n) is 2.76. The van der Waals surface area contributed by atoms with Gasteiger partial charge in [0, 0.05) is 10.0 Å². The number of thioether (sulfide) groups is 1. The summed E-state index contributed by atoms with van der Waals surface area (Å²) in [6.45, 7) is 2.02. The average molecular weight is 478 g/mol. The fraction of sp³-hybridized carbons (Fsp3) is 0.0417. The standard InChI is InChI=1S/C24H16BrNO3S/c1-15-2-6-17(7-3-15)23-26-22(27)21(30-23)14-16-4-12-20(13-5-16)29-24(28)18-8-10-19(25)11-9-18/h2-14H,1H3/b21-14+. The predicted octanol–water partition coefficient (Wildman–Crippen LogP) is 6.04. The van der Waals surface area contributed by atoms with E-state index in [-0.39, 0.29) is 5.91 Å². The molecule has 1 amide bonds. The van der Waals surface area contributed by atoms with Crippen molar-refractivity contribution in [1.29, 1.82) is 0 Å². The monoisotopic (exact) mass is 477 g/mol. The Labute approximate surface area is 186 Å². The van der Waals surface area contributed by atoms with Crippen molar-refractivity contribution in [2.24, 2.45) is 4.99 Å². The van der Waals surface area contributed by atoms with Gasteiger partial charge in [0.15, 0.2) is 0 Å². The minimum absolute atomic E-state index is 0.249. The van der Waals surface area contributed by atoms with Gasteiger partial charge in [0.2, 0.25) is 0 Å². The van der Waals surface area contributed by atoms with Gasteiger partial charge in [-0.15, -0.1) is 0 Å². The lowest BCUT2D eigenvalue weighted by Crippen LogP contribution is -2.08. The van der Waals surface area contributed by atoms with Crippen LogP contribution in [-0.4, -0.2) is 16.9 Å². The van der Waals surface area contributed by atoms with Crippen LogP contribution in [0.2, 0.25) is 0 Å². The smallest absolute Gasteiger partial charge is 0.343 e. The second-order valence-electron chi connectivity index (χ2n) is 6.66. The zero-order valence-corrected chi connectivity index (χ0v) is 18.4. The van der Waals surface area contributed by atoms with E-state index in [1.165, 1.54) is 11.8 Å². The summed E-state index contributed by atoms with van der Waals surface area (Å²) in [5, 5.41) is 0.700. The van der Waals surface area contributed by atoms with Gasteiger partial charge < -0.3 is 4.74 Å². The van der Waals surface area contributed by atoms with Gasteiger partial charge >= 0.3 is 5.97 Å². The first-order valence-corrected chi connectivity index (χ1v) is 10.8. The highest BCUT2D eigenvalue weighted by Gasteiger charge is 2.22. The van der Waals surface area contributed by atoms with Crippen LogP contribution in [0.1, 0.15) is 27.0 Å². The zero-order valence-electron chi connectivity index (χ0n) is 16.0. The number of halogens is 1. The van der Waals surface area contributed by atoms with Gasteiger partial charge in [0.25, 0.3) is 5.91 Å². The summed E-state index contributed by atoms with van der Waals surface area (Å²) in [5.74, 6) is -0.236. The van der Waals surface area contributed by atoms with E-state index in [0.717, 1.165) is 21.2 Å². The second-order valence-corrected chi connectivity index (χ2v) is 8.61. The van der Waals surface area contributed by atoms with Crippen molar-refractivity contribution >= 4 is 50.7 Å². The molecule has 3 aromatic carbocycles. The third-order valence-corrected chi connectivity index (χ3v) is 5.95. The number of esters is 1. The molecule has 1 aliphatic rings. The number of rotatable bonds is 4. The molecule has 0 N–H and O–H groups in total. The van der Waals surface area contributed by atoms with Gasteiger partial charge in [-0.3, -0.25) is 4.79 Å².